The molecule has 7 heteroatoms. The largest absolute Gasteiger partial charge is 0.462 e. The molecule has 1 N–H and O–H groups in total. The SMILES string of the molecule is C=CC1(CO)CC(OC(C)=O)C2C(=C)C(=O)OC2C1C(=C)COC(C)=O. The number of rotatable bonds is 6. The van der Waals surface area contributed by atoms with Gasteiger partial charge in [0.2, 0.25) is 0 Å². The zero-order valence-corrected chi connectivity index (χ0v) is 15.0. The second kappa shape index (κ2) is 7.45. The lowest BCUT2D eigenvalue weighted by molar-refractivity contribution is -0.164. The second-order valence-electron chi connectivity index (χ2n) is 6.78. The minimum absolute atomic E-state index is 0.0823. The van der Waals surface area contributed by atoms with E-state index in [1.807, 2.05) is 0 Å². The fraction of sp³-hybridized carbons (Fsp3) is 0.526. The normalized spacial score (nSPS) is 33.0. The van der Waals surface area contributed by atoms with Crippen LogP contribution >= 0.6 is 0 Å². The maximum atomic E-state index is 12.1. The van der Waals surface area contributed by atoms with Crippen molar-refractivity contribution in [3.63, 3.8) is 0 Å². The Kier molecular flexibility index (Phi) is 5.71. The highest BCUT2D eigenvalue weighted by molar-refractivity contribution is 5.91. The molecule has 0 aromatic heterocycles. The van der Waals surface area contributed by atoms with Gasteiger partial charge in [-0.1, -0.05) is 19.2 Å². The highest BCUT2D eigenvalue weighted by atomic mass is 16.6. The first-order valence-corrected chi connectivity index (χ1v) is 8.29. The average molecular weight is 364 g/mol. The Morgan fingerprint density at radius 1 is 1.38 bits per heavy atom. The molecule has 0 spiro atoms. The van der Waals surface area contributed by atoms with Crippen molar-refractivity contribution >= 4 is 17.9 Å². The number of aliphatic hydroxyl groups excluding tert-OH is 1. The first-order chi connectivity index (χ1) is 12.2. The number of hydrogen-bond acceptors (Lipinski definition) is 7. The number of carbonyl (C=O) groups is 3. The highest BCUT2D eigenvalue weighted by Gasteiger charge is 2.60. The lowest BCUT2D eigenvalue weighted by Gasteiger charge is -2.49. The van der Waals surface area contributed by atoms with Crippen molar-refractivity contribution in [3.05, 3.63) is 37.0 Å². The van der Waals surface area contributed by atoms with Gasteiger partial charge in [0.15, 0.2) is 0 Å². The molecule has 2 aliphatic rings. The average Bonchev–Trinajstić information content (AvgIpc) is 2.86. The van der Waals surface area contributed by atoms with E-state index in [2.05, 4.69) is 19.7 Å². The van der Waals surface area contributed by atoms with Crippen LogP contribution in [0.4, 0.5) is 0 Å². The number of aliphatic hydroxyl groups is 1. The number of carbonyl (C=O) groups excluding carboxylic acids is 3. The van der Waals surface area contributed by atoms with E-state index < -0.39 is 47.4 Å². The fourth-order valence-corrected chi connectivity index (χ4v) is 3.96. The van der Waals surface area contributed by atoms with Crippen molar-refractivity contribution in [3.8, 4) is 0 Å². The van der Waals surface area contributed by atoms with Gasteiger partial charge in [-0.15, -0.1) is 6.58 Å². The van der Waals surface area contributed by atoms with E-state index in [1.165, 1.54) is 13.8 Å². The van der Waals surface area contributed by atoms with Crippen LogP contribution in [0.25, 0.3) is 0 Å². The molecule has 2 fully saturated rings. The molecule has 0 aromatic rings. The molecular weight excluding hydrogens is 340 g/mol. The highest BCUT2D eigenvalue weighted by Crippen LogP contribution is 2.53. The zero-order valence-electron chi connectivity index (χ0n) is 15.0. The van der Waals surface area contributed by atoms with Gasteiger partial charge in [0.05, 0.1) is 12.5 Å². The summed E-state index contributed by atoms with van der Waals surface area (Å²) in [5.41, 5.74) is -0.265. The first-order valence-electron chi connectivity index (χ1n) is 8.29. The Morgan fingerprint density at radius 3 is 2.54 bits per heavy atom. The van der Waals surface area contributed by atoms with Gasteiger partial charge < -0.3 is 19.3 Å². The third-order valence-corrected chi connectivity index (χ3v) is 5.11. The summed E-state index contributed by atoms with van der Waals surface area (Å²) in [5, 5.41) is 10.1. The summed E-state index contributed by atoms with van der Waals surface area (Å²) in [6.07, 6.45) is 0.325. The zero-order chi connectivity index (χ0) is 19.6. The maximum absolute atomic E-state index is 12.1. The topological polar surface area (TPSA) is 99.1 Å². The molecule has 1 aliphatic carbocycles. The van der Waals surface area contributed by atoms with Gasteiger partial charge in [0.1, 0.15) is 18.8 Å². The summed E-state index contributed by atoms with van der Waals surface area (Å²) >= 11 is 0. The Bertz CT molecular complexity index is 665. The Morgan fingerprint density at radius 2 is 2.04 bits per heavy atom. The molecule has 0 amide bonds. The van der Waals surface area contributed by atoms with Crippen LogP contribution in [0.5, 0.6) is 0 Å². The predicted molar refractivity (Wildman–Crippen MR) is 91.7 cm³/mol. The van der Waals surface area contributed by atoms with Gasteiger partial charge >= 0.3 is 17.9 Å². The third-order valence-electron chi connectivity index (χ3n) is 5.11. The van der Waals surface area contributed by atoms with Crippen LogP contribution in [0.3, 0.4) is 0 Å². The quantitative estimate of drug-likeness (QED) is 0.328. The van der Waals surface area contributed by atoms with E-state index in [4.69, 9.17) is 14.2 Å². The lowest BCUT2D eigenvalue weighted by Crippen LogP contribution is -2.54. The van der Waals surface area contributed by atoms with Gasteiger partial charge in [-0.25, -0.2) is 4.79 Å². The minimum Gasteiger partial charge on any atom is -0.462 e. The standard InChI is InChI=1S/C19H24O7/c1-6-19(9-20)7-14(25-13(5)22)15-11(3)18(23)26-17(15)16(19)10(2)8-24-12(4)21/h6,14-17,20H,1-3,7-9H2,4-5H3. The minimum atomic E-state index is -0.955. The summed E-state index contributed by atoms with van der Waals surface area (Å²) in [5.74, 6) is -2.69. The van der Waals surface area contributed by atoms with Gasteiger partial charge in [-0.3, -0.25) is 9.59 Å². The molecule has 0 radical (unpaired) electrons. The molecule has 5 atom stereocenters. The molecular formula is C19H24O7. The van der Waals surface area contributed by atoms with Crippen LogP contribution in [0.15, 0.2) is 37.0 Å². The van der Waals surface area contributed by atoms with Gasteiger partial charge in [-0.05, 0) is 12.0 Å². The number of hydrogen-bond donors (Lipinski definition) is 1. The van der Waals surface area contributed by atoms with Crippen LogP contribution in [0.2, 0.25) is 0 Å². The summed E-state index contributed by atoms with van der Waals surface area (Å²) in [7, 11) is 0. The summed E-state index contributed by atoms with van der Waals surface area (Å²) in [6.45, 7) is 13.7. The molecule has 26 heavy (non-hydrogen) atoms. The maximum Gasteiger partial charge on any atom is 0.334 e. The Balaban J connectivity index is 2.46. The smallest absolute Gasteiger partial charge is 0.334 e. The van der Waals surface area contributed by atoms with Crippen molar-refractivity contribution in [1.82, 2.24) is 0 Å². The summed E-state index contributed by atoms with van der Waals surface area (Å²) in [4.78, 5) is 34.8. The van der Waals surface area contributed by atoms with E-state index in [-0.39, 0.29) is 25.2 Å². The van der Waals surface area contributed by atoms with E-state index in [1.54, 1.807) is 6.08 Å². The van der Waals surface area contributed by atoms with Crippen molar-refractivity contribution in [1.29, 1.82) is 0 Å². The summed E-state index contributed by atoms with van der Waals surface area (Å²) < 4.78 is 15.9. The molecule has 0 bridgehead atoms. The number of esters is 3. The summed E-state index contributed by atoms with van der Waals surface area (Å²) in [6, 6.07) is 0. The molecule has 1 saturated carbocycles. The van der Waals surface area contributed by atoms with Gasteiger partial charge in [-0.2, -0.15) is 0 Å². The van der Waals surface area contributed by atoms with Crippen molar-refractivity contribution in [2.45, 2.75) is 32.5 Å². The molecule has 0 aromatic carbocycles. The van der Waals surface area contributed by atoms with E-state index in [0.29, 0.717) is 5.57 Å². The van der Waals surface area contributed by atoms with Crippen LogP contribution in [0.1, 0.15) is 20.3 Å². The Hall–Kier alpha value is -2.41. The van der Waals surface area contributed by atoms with Crippen molar-refractivity contribution in [2.24, 2.45) is 17.3 Å². The first kappa shape index (κ1) is 19.9. The van der Waals surface area contributed by atoms with Crippen LogP contribution < -0.4 is 0 Å². The second-order valence-corrected chi connectivity index (χ2v) is 6.78. The van der Waals surface area contributed by atoms with Gasteiger partial charge in [0.25, 0.3) is 0 Å². The van der Waals surface area contributed by atoms with Crippen molar-refractivity contribution < 1.29 is 33.7 Å². The molecule has 7 nitrogen and oxygen atoms in total. The molecule has 1 heterocycles. The lowest BCUT2D eigenvalue weighted by atomic mass is 9.58. The van der Waals surface area contributed by atoms with E-state index >= 15 is 0 Å². The van der Waals surface area contributed by atoms with Crippen LogP contribution in [-0.2, 0) is 28.6 Å². The number of ether oxygens (including phenoxy) is 3. The monoisotopic (exact) mass is 364 g/mol. The van der Waals surface area contributed by atoms with E-state index in [9.17, 15) is 19.5 Å². The van der Waals surface area contributed by atoms with Crippen LogP contribution in [0, 0.1) is 17.3 Å². The van der Waals surface area contributed by atoms with Gasteiger partial charge in [0, 0.05) is 30.8 Å². The fourth-order valence-electron chi connectivity index (χ4n) is 3.96. The van der Waals surface area contributed by atoms with Crippen molar-refractivity contribution in [2.75, 3.05) is 13.2 Å². The van der Waals surface area contributed by atoms with E-state index in [0.717, 1.165) is 0 Å². The molecule has 1 saturated heterocycles. The molecule has 5 unspecified atom stereocenters. The predicted octanol–water partition coefficient (Wildman–Crippen LogP) is 1.32. The Labute approximate surface area is 152 Å². The molecule has 2 rings (SSSR count). The molecule has 1 aliphatic heterocycles. The number of fused-ring (bicyclic) bond motifs is 1. The molecule has 142 valence electrons. The third kappa shape index (κ3) is 3.44. The van der Waals surface area contributed by atoms with Crippen LogP contribution in [-0.4, -0.2) is 48.4 Å².